The summed E-state index contributed by atoms with van der Waals surface area (Å²) < 4.78 is 17.8. The van der Waals surface area contributed by atoms with E-state index in [1.54, 1.807) is 0 Å². The molecule has 0 aliphatic rings. The summed E-state index contributed by atoms with van der Waals surface area (Å²) in [6.07, 6.45) is -0.245. The van der Waals surface area contributed by atoms with E-state index in [-0.39, 0.29) is 18.5 Å². The maximum Gasteiger partial charge on any atom is 0.306 e. The molecule has 1 aromatic rings. The first-order valence-corrected chi connectivity index (χ1v) is 5.40. The molecule has 0 atom stereocenters. The topological polar surface area (TPSA) is 98.5 Å². The molecule has 1 rings (SSSR count). The summed E-state index contributed by atoms with van der Waals surface area (Å²) in [5.41, 5.74) is 4.61. The second kappa shape index (κ2) is 6.48. The van der Waals surface area contributed by atoms with Gasteiger partial charge in [0, 0.05) is 6.42 Å². The number of carbonyl (C=O) groups excluding carboxylic acids is 3. The second-order valence-corrected chi connectivity index (χ2v) is 3.65. The van der Waals surface area contributed by atoms with Crippen LogP contribution in [0.4, 0.5) is 10.1 Å². The highest BCUT2D eigenvalue weighted by molar-refractivity contribution is 6.03. The van der Waals surface area contributed by atoms with Gasteiger partial charge >= 0.3 is 5.97 Å². The lowest BCUT2D eigenvalue weighted by atomic mass is 10.1. The molecule has 19 heavy (non-hydrogen) atoms. The van der Waals surface area contributed by atoms with Crippen molar-refractivity contribution in [2.45, 2.75) is 12.8 Å². The van der Waals surface area contributed by atoms with E-state index < -0.39 is 29.2 Å². The van der Waals surface area contributed by atoms with Crippen LogP contribution in [0.3, 0.4) is 0 Å². The molecule has 102 valence electrons. The molecule has 3 N–H and O–H groups in total. The second-order valence-electron chi connectivity index (χ2n) is 3.65. The largest absolute Gasteiger partial charge is 0.469 e. The first kappa shape index (κ1) is 14.6. The number of hydrogen-bond acceptors (Lipinski definition) is 4. The number of nitrogens with one attached hydrogen (secondary N) is 1. The Balaban J connectivity index is 2.77. The van der Waals surface area contributed by atoms with Crippen molar-refractivity contribution in [3.8, 4) is 0 Å². The van der Waals surface area contributed by atoms with Crippen LogP contribution in [0.5, 0.6) is 0 Å². The molecular formula is C12H13FN2O4. The predicted octanol–water partition coefficient (Wildman–Crippen LogP) is 0.816. The van der Waals surface area contributed by atoms with Gasteiger partial charge in [0.25, 0.3) is 5.91 Å². The fraction of sp³-hybridized carbons (Fsp3) is 0.250. The third-order valence-electron chi connectivity index (χ3n) is 2.32. The van der Waals surface area contributed by atoms with Crippen molar-refractivity contribution in [1.29, 1.82) is 0 Å². The zero-order valence-corrected chi connectivity index (χ0v) is 10.2. The third kappa shape index (κ3) is 4.06. The maximum absolute atomic E-state index is 13.4. The molecule has 0 aromatic heterocycles. The van der Waals surface area contributed by atoms with Gasteiger partial charge in [0.1, 0.15) is 5.82 Å². The number of esters is 1. The van der Waals surface area contributed by atoms with Crippen LogP contribution in [0.15, 0.2) is 18.2 Å². The monoisotopic (exact) mass is 268 g/mol. The van der Waals surface area contributed by atoms with Crippen LogP contribution in [-0.2, 0) is 14.3 Å². The van der Waals surface area contributed by atoms with Crippen molar-refractivity contribution in [2.24, 2.45) is 5.73 Å². The van der Waals surface area contributed by atoms with Crippen LogP contribution in [0.1, 0.15) is 23.2 Å². The molecule has 0 unspecified atom stereocenters. The molecule has 0 radical (unpaired) electrons. The predicted molar refractivity (Wildman–Crippen MR) is 64.8 cm³/mol. The van der Waals surface area contributed by atoms with Gasteiger partial charge < -0.3 is 15.8 Å². The number of carbonyl (C=O) groups is 3. The van der Waals surface area contributed by atoms with E-state index in [2.05, 4.69) is 10.1 Å². The number of anilines is 1. The lowest BCUT2D eigenvalue weighted by Gasteiger charge is -2.09. The molecule has 0 saturated carbocycles. The molecule has 0 spiro atoms. The number of benzene rings is 1. The highest BCUT2D eigenvalue weighted by atomic mass is 19.1. The van der Waals surface area contributed by atoms with E-state index in [4.69, 9.17) is 5.73 Å². The summed E-state index contributed by atoms with van der Waals surface area (Å²) in [7, 11) is 1.21. The third-order valence-corrected chi connectivity index (χ3v) is 2.32. The number of nitrogens with two attached hydrogens (primary N) is 1. The molecule has 0 bridgehead atoms. The van der Waals surface area contributed by atoms with Crippen molar-refractivity contribution in [2.75, 3.05) is 12.4 Å². The number of primary amides is 1. The number of hydrogen-bond donors (Lipinski definition) is 2. The molecule has 0 saturated heterocycles. The Kier molecular flexibility index (Phi) is 4.99. The minimum absolute atomic E-state index is 0.0256. The minimum atomic E-state index is -0.985. The Morgan fingerprint density at radius 1 is 1.32 bits per heavy atom. The Morgan fingerprint density at radius 3 is 2.58 bits per heavy atom. The minimum Gasteiger partial charge on any atom is -0.469 e. The van der Waals surface area contributed by atoms with Crippen LogP contribution in [0.25, 0.3) is 0 Å². The molecular weight excluding hydrogens is 255 g/mol. The summed E-state index contributed by atoms with van der Waals surface area (Å²) in [4.78, 5) is 33.5. The number of amides is 2. The van der Waals surface area contributed by atoms with E-state index in [9.17, 15) is 18.8 Å². The lowest BCUT2D eigenvalue weighted by molar-refractivity contribution is -0.141. The standard InChI is InChI=1S/C12H13FN2O4/c1-19-10(17)6-5-9(16)15-8-4-2-3-7(13)11(8)12(14)18/h2-4H,5-6H2,1H3,(H2,14,18)(H,15,16). The average Bonchev–Trinajstić information content (AvgIpc) is 2.35. The van der Waals surface area contributed by atoms with Gasteiger partial charge in [-0.05, 0) is 12.1 Å². The zero-order chi connectivity index (χ0) is 14.4. The molecule has 0 aliphatic heterocycles. The molecule has 0 heterocycles. The summed E-state index contributed by atoms with van der Waals surface area (Å²) >= 11 is 0. The van der Waals surface area contributed by atoms with Gasteiger partial charge in [-0.25, -0.2) is 4.39 Å². The van der Waals surface area contributed by atoms with E-state index in [0.717, 1.165) is 6.07 Å². The summed E-state index contributed by atoms with van der Waals surface area (Å²) in [6, 6.07) is 3.74. The number of halogens is 1. The van der Waals surface area contributed by atoms with Gasteiger partial charge in [-0.1, -0.05) is 6.07 Å². The average molecular weight is 268 g/mol. The Hall–Kier alpha value is -2.44. The van der Waals surface area contributed by atoms with E-state index >= 15 is 0 Å². The molecule has 0 fully saturated rings. The van der Waals surface area contributed by atoms with E-state index in [1.807, 2.05) is 0 Å². The SMILES string of the molecule is COC(=O)CCC(=O)Nc1cccc(F)c1C(N)=O. The van der Waals surface area contributed by atoms with Crippen molar-refractivity contribution in [1.82, 2.24) is 0 Å². The van der Waals surface area contributed by atoms with Gasteiger partial charge in [0.05, 0.1) is 24.8 Å². The van der Waals surface area contributed by atoms with Gasteiger partial charge in [-0.2, -0.15) is 0 Å². The highest BCUT2D eigenvalue weighted by Crippen LogP contribution is 2.18. The zero-order valence-electron chi connectivity index (χ0n) is 10.2. The van der Waals surface area contributed by atoms with Crippen molar-refractivity contribution in [3.63, 3.8) is 0 Å². The smallest absolute Gasteiger partial charge is 0.306 e. The highest BCUT2D eigenvalue weighted by Gasteiger charge is 2.16. The lowest BCUT2D eigenvalue weighted by Crippen LogP contribution is -2.20. The molecule has 7 heteroatoms. The number of rotatable bonds is 5. The summed E-state index contributed by atoms with van der Waals surface area (Å²) in [5, 5.41) is 2.32. The van der Waals surface area contributed by atoms with Crippen molar-refractivity contribution in [3.05, 3.63) is 29.6 Å². The van der Waals surface area contributed by atoms with Gasteiger partial charge in [-0.3, -0.25) is 14.4 Å². The van der Waals surface area contributed by atoms with Gasteiger partial charge in [0.2, 0.25) is 5.91 Å². The van der Waals surface area contributed by atoms with Crippen molar-refractivity contribution >= 4 is 23.5 Å². The van der Waals surface area contributed by atoms with Crippen LogP contribution in [0, 0.1) is 5.82 Å². The van der Waals surface area contributed by atoms with Crippen molar-refractivity contribution < 1.29 is 23.5 Å². The fourth-order valence-electron chi connectivity index (χ4n) is 1.41. The fourth-order valence-corrected chi connectivity index (χ4v) is 1.41. The van der Waals surface area contributed by atoms with Gasteiger partial charge in [-0.15, -0.1) is 0 Å². The van der Waals surface area contributed by atoms with Crippen LogP contribution >= 0.6 is 0 Å². The number of ether oxygens (including phenoxy) is 1. The molecule has 0 aliphatic carbocycles. The van der Waals surface area contributed by atoms with Crippen LogP contribution in [-0.4, -0.2) is 24.9 Å². The van der Waals surface area contributed by atoms with Crippen LogP contribution in [0.2, 0.25) is 0 Å². The van der Waals surface area contributed by atoms with E-state index in [1.165, 1.54) is 19.2 Å². The van der Waals surface area contributed by atoms with Crippen LogP contribution < -0.4 is 11.1 Å². The Morgan fingerprint density at radius 2 is 2.00 bits per heavy atom. The Labute approximate surface area is 108 Å². The van der Waals surface area contributed by atoms with Gasteiger partial charge in [0.15, 0.2) is 0 Å². The maximum atomic E-state index is 13.4. The van der Waals surface area contributed by atoms with E-state index in [0.29, 0.717) is 0 Å². The first-order valence-electron chi connectivity index (χ1n) is 5.40. The first-order chi connectivity index (χ1) is 8.95. The molecule has 1 aromatic carbocycles. The Bertz CT molecular complexity index is 516. The molecule has 2 amide bonds. The summed E-state index contributed by atoms with van der Waals surface area (Å²) in [5.74, 6) is -2.89. The summed E-state index contributed by atoms with van der Waals surface area (Å²) in [6.45, 7) is 0. The number of methoxy groups -OCH3 is 1. The normalized spacial score (nSPS) is 9.79. The quantitative estimate of drug-likeness (QED) is 0.772. The molecule has 6 nitrogen and oxygen atoms in total.